The maximum atomic E-state index is 2.75. The van der Waals surface area contributed by atoms with E-state index in [9.17, 15) is 0 Å². The molecule has 2 aromatic rings. The summed E-state index contributed by atoms with van der Waals surface area (Å²) < 4.78 is 2.54. The fourth-order valence-corrected chi connectivity index (χ4v) is 10.8. The van der Waals surface area contributed by atoms with E-state index in [1.54, 1.807) is 16.6 Å². The fraction of sp³-hybridized carbons (Fsp3) is 0.765. The molecule has 0 bridgehead atoms. The molecule has 1 aromatic carbocycles. The number of para-hydroxylation sites is 1. The summed E-state index contributed by atoms with van der Waals surface area (Å²) in [5.41, 5.74) is 5.93. The highest BCUT2D eigenvalue weighted by atomic mass is 15.0. The zero-order valence-corrected chi connectivity index (χ0v) is 23.6. The average molecular weight is 474 g/mol. The van der Waals surface area contributed by atoms with Gasteiger partial charge in [0, 0.05) is 23.6 Å². The Kier molecular flexibility index (Phi) is 5.97. The number of rotatable bonds is 5. The van der Waals surface area contributed by atoms with E-state index < -0.39 is 0 Å². The molecule has 0 amide bonds. The third kappa shape index (κ3) is 3.60. The van der Waals surface area contributed by atoms with Gasteiger partial charge in [0.15, 0.2) is 0 Å². The van der Waals surface area contributed by atoms with E-state index in [-0.39, 0.29) is 0 Å². The van der Waals surface area contributed by atoms with Crippen LogP contribution in [0, 0.1) is 52.3 Å². The molecule has 1 aromatic heterocycles. The molecule has 1 heterocycles. The summed E-state index contributed by atoms with van der Waals surface area (Å²) in [6.07, 6.45) is 16.0. The molecule has 35 heavy (non-hydrogen) atoms. The summed E-state index contributed by atoms with van der Waals surface area (Å²) in [5.74, 6) is 6.56. The topological polar surface area (TPSA) is 4.93 Å². The molecule has 0 saturated heterocycles. The first-order chi connectivity index (χ1) is 16.7. The lowest BCUT2D eigenvalue weighted by molar-refractivity contribution is -0.103. The summed E-state index contributed by atoms with van der Waals surface area (Å²) in [6, 6.07) is 9.22. The van der Waals surface area contributed by atoms with Crippen LogP contribution in [0.2, 0.25) is 0 Å². The number of fused-ring (bicyclic) bond motifs is 8. The minimum Gasteiger partial charge on any atom is -0.347 e. The second-order valence-corrected chi connectivity index (χ2v) is 14.6. The number of aromatic nitrogens is 1. The van der Waals surface area contributed by atoms with E-state index in [1.165, 1.54) is 76.1 Å². The van der Waals surface area contributed by atoms with Crippen LogP contribution in [-0.2, 0) is 19.9 Å². The minimum atomic E-state index is 0.502. The molecule has 1 heteroatoms. The van der Waals surface area contributed by atoms with Crippen LogP contribution in [0.1, 0.15) is 104 Å². The predicted molar refractivity (Wildman–Crippen MR) is 150 cm³/mol. The van der Waals surface area contributed by atoms with Crippen LogP contribution in [0.5, 0.6) is 0 Å². The maximum absolute atomic E-state index is 2.75. The first-order valence-corrected chi connectivity index (χ1v) is 15.3. The molecule has 0 aliphatic heterocycles. The van der Waals surface area contributed by atoms with Crippen molar-refractivity contribution in [1.29, 1.82) is 0 Å². The third-order valence-electron chi connectivity index (χ3n) is 12.6. The first kappa shape index (κ1) is 24.1. The smallest absolute Gasteiger partial charge is 0.0482 e. The molecule has 0 N–H and O–H groups in total. The monoisotopic (exact) mass is 473 g/mol. The fourth-order valence-electron chi connectivity index (χ4n) is 10.8. The second-order valence-electron chi connectivity index (χ2n) is 14.6. The van der Waals surface area contributed by atoms with Gasteiger partial charge in [-0.3, -0.25) is 0 Å². The summed E-state index contributed by atoms with van der Waals surface area (Å²) in [7, 11) is 2.32. The number of benzene rings is 1. The molecular formula is C34H51N. The highest BCUT2D eigenvalue weighted by molar-refractivity contribution is 5.86. The Morgan fingerprint density at radius 3 is 2.49 bits per heavy atom. The zero-order chi connectivity index (χ0) is 24.5. The maximum Gasteiger partial charge on any atom is 0.0482 e. The molecule has 3 saturated carbocycles. The third-order valence-corrected chi connectivity index (χ3v) is 12.6. The average Bonchev–Trinajstić information content (AvgIpc) is 3.32. The van der Waals surface area contributed by atoms with Crippen LogP contribution in [0.25, 0.3) is 10.9 Å². The summed E-state index contributed by atoms with van der Waals surface area (Å²) in [6.45, 7) is 12.9. The van der Waals surface area contributed by atoms with Crippen molar-refractivity contribution in [3.63, 3.8) is 0 Å². The van der Waals surface area contributed by atoms with Gasteiger partial charge in [-0.2, -0.15) is 0 Å². The van der Waals surface area contributed by atoms with Crippen molar-refractivity contribution >= 4 is 10.9 Å². The summed E-state index contributed by atoms with van der Waals surface area (Å²) in [5, 5.41) is 1.54. The SMILES string of the molecule is CC(C)CCCC(C)C1CCC2C3CCC4Cc5c(c6ccccc6n5C)CC4(C)C3CCC12C. The zero-order valence-electron chi connectivity index (χ0n) is 23.6. The van der Waals surface area contributed by atoms with E-state index in [4.69, 9.17) is 0 Å². The van der Waals surface area contributed by atoms with Crippen LogP contribution >= 0.6 is 0 Å². The van der Waals surface area contributed by atoms with Gasteiger partial charge < -0.3 is 4.57 Å². The van der Waals surface area contributed by atoms with E-state index >= 15 is 0 Å². The van der Waals surface area contributed by atoms with Crippen LogP contribution in [0.15, 0.2) is 24.3 Å². The van der Waals surface area contributed by atoms with Gasteiger partial charge in [0.1, 0.15) is 0 Å². The highest BCUT2D eigenvalue weighted by Gasteiger charge is 2.60. The van der Waals surface area contributed by atoms with Crippen molar-refractivity contribution in [1.82, 2.24) is 4.57 Å². The van der Waals surface area contributed by atoms with E-state index in [0.29, 0.717) is 10.8 Å². The standard InChI is InChI=1S/C34H51N/c1-22(2)10-9-11-23(3)28-16-17-29-26-15-14-24-20-32-27(25-12-7-8-13-31(25)35(32)6)21-34(24,5)30(26)18-19-33(28,29)4/h7-8,12-13,22-24,26,28-30H,9-11,14-21H2,1-6H3. The Labute approximate surface area is 215 Å². The molecule has 1 nitrogen and oxygen atoms in total. The normalized spacial score (nSPS) is 39.2. The molecule has 6 rings (SSSR count). The lowest BCUT2D eigenvalue weighted by atomic mass is 9.44. The molecule has 192 valence electrons. The van der Waals surface area contributed by atoms with Gasteiger partial charge in [0.05, 0.1) is 0 Å². The van der Waals surface area contributed by atoms with E-state index in [2.05, 4.69) is 70.5 Å². The number of aryl methyl sites for hydroxylation is 1. The van der Waals surface area contributed by atoms with Crippen LogP contribution in [0.4, 0.5) is 0 Å². The van der Waals surface area contributed by atoms with Crippen LogP contribution in [0.3, 0.4) is 0 Å². The molecule has 4 aliphatic rings. The Morgan fingerprint density at radius 1 is 0.914 bits per heavy atom. The van der Waals surface area contributed by atoms with Gasteiger partial charge in [0.25, 0.3) is 0 Å². The second kappa shape index (κ2) is 8.66. The Bertz CT molecular complexity index is 1080. The van der Waals surface area contributed by atoms with Crippen molar-refractivity contribution in [3.8, 4) is 0 Å². The molecule has 3 fully saturated rings. The van der Waals surface area contributed by atoms with Crippen molar-refractivity contribution in [2.75, 3.05) is 0 Å². The number of nitrogens with zero attached hydrogens (tertiary/aromatic N) is 1. The Balaban J connectivity index is 1.25. The largest absolute Gasteiger partial charge is 0.347 e. The van der Waals surface area contributed by atoms with Gasteiger partial charge in [-0.15, -0.1) is 0 Å². The van der Waals surface area contributed by atoms with Crippen LogP contribution < -0.4 is 0 Å². The van der Waals surface area contributed by atoms with E-state index in [0.717, 1.165) is 41.4 Å². The lowest BCUT2D eigenvalue weighted by Crippen LogP contribution is -2.54. The summed E-state index contributed by atoms with van der Waals surface area (Å²) in [4.78, 5) is 0. The molecular weight excluding hydrogens is 422 g/mol. The minimum absolute atomic E-state index is 0.502. The summed E-state index contributed by atoms with van der Waals surface area (Å²) >= 11 is 0. The molecule has 8 unspecified atom stereocenters. The van der Waals surface area contributed by atoms with Gasteiger partial charge in [-0.05, 0) is 115 Å². The first-order valence-electron chi connectivity index (χ1n) is 15.3. The van der Waals surface area contributed by atoms with Gasteiger partial charge in [-0.1, -0.05) is 72.1 Å². The van der Waals surface area contributed by atoms with Gasteiger partial charge in [-0.25, -0.2) is 0 Å². The Morgan fingerprint density at radius 2 is 1.69 bits per heavy atom. The van der Waals surface area contributed by atoms with E-state index in [1.807, 2.05) is 0 Å². The Hall–Kier alpha value is -1.24. The van der Waals surface area contributed by atoms with Crippen molar-refractivity contribution in [3.05, 3.63) is 35.5 Å². The molecule has 4 aliphatic carbocycles. The van der Waals surface area contributed by atoms with Crippen molar-refractivity contribution in [2.45, 2.75) is 105 Å². The predicted octanol–water partition coefficient (Wildman–Crippen LogP) is 9.21. The number of hydrogen-bond donors (Lipinski definition) is 0. The van der Waals surface area contributed by atoms with Gasteiger partial charge in [0.2, 0.25) is 0 Å². The lowest BCUT2D eigenvalue weighted by Gasteiger charge is -2.60. The molecule has 0 radical (unpaired) electrons. The van der Waals surface area contributed by atoms with Crippen molar-refractivity contribution in [2.24, 2.45) is 59.3 Å². The highest BCUT2D eigenvalue weighted by Crippen LogP contribution is 2.68. The van der Waals surface area contributed by atoms with Crippen LogP contribution in [-0.4, -0.2) is 4.57 Å². The van der Waals surface area contributed by atoms with Crippen molar-refractivity contribution < 1.29 is 0 Å². The van der Waals surface area contributed by atoms with Gasteiger partial charge >= 0.3 is 0 Å². The molecule has 0 spiro atoms. The number of hydrogen-bond acceptors (Lipinski definition) is 0. The molecule has 8 atom stereocenters. The quantitative estimate of drug-likeness (QED) is 0.408.